The fraction of sp³-hybridized carbons (Fsp3) is 0.625. The summed E-state index contributed by atoms with van der Waals surface area (Å²) in [6.45, 7) is 0. The van der Waals surface area contributed by atoms with Crippen molar-refractivity contribution < 1.29 is 12.9 Å². The summed E-state index contributed by atoms with van der Waals surface area (Å²) in [6, 6.07) is 1.44. The van der Waals surface area contributed by atoms with E-state index in [9.17, 15) is 8.42 Å². The first-order chi connectivity index (χ1) is 6.57. The molecule has 0 aliphatic heterocycles. The van der Waals surface area contributed by atoms with Gasteiger partial charge in [0, 0.05) is 12.0 Å². The predicted octanol–water partition coefficient (Wildman–Crippen LogP) is 0.980. The van der Waals surface area contributed by atoms with E-state index in [1.54, 1.807) is 0 Å². The molecular weight excluding hydrogens is 204 g/mol. The smallest absolute Gasteiger partial charge is 0.274 e. The van der Waals surface area contributed by atoms with Gasteiger partial charge in [0.1, 0.15) is 0 Å². The van der Waals surface area contributed by atoms with E-state index in [0.717, 1.165) is 12.8 Å². The molecule has 2 N–H and O–H groups in total. The van der Waals surface area contributed by atoms with E-state index in [1.165, 1.54) is 18.9 Å². The summed E-state index contributed by atoms with van der Waals surface area (Å²) in [6.07, 6.45) is 4.44. The lowest BCUT2D eigenvalue weighted by atomic mass is 10.1. The second kappa shape index (κ2) is 3.36. The lowest BCUT2D eigenvalue weighted by Gasteiger charge is -2.00. The molecule has 0 aromatic carbocycles. The number of nitrogens with two attached hydrogens (primary N) is 1. The average molecular weight is 216 g/mol. The number of nitrogens with zero attached hydrogens (tertiary/aromatic N) is 1. The maximum absolute atomic E-state index is 10.9. The maximum atomic E-state index is 10.9. The van der Waals surface area contributed by atoms with Gasteiger partial charge in [-0.15, -0.1) is 0 Å². The first-order valence-corrected chi connectivity index (χ1v) is 6.11. The van der Waals surface area contributed by atoms with Gasteiger partial charge in [0.2, 0.25) is 0 Å². The zero-order valence-corrected chi connectivity index (χ0v) is 8.46. The number of hydrogen-bond donors (Lipinski definition) is 1. The first kappa shape index (κ1) is 9.67. The fourth-order valence-corrected chi connectivity index (χ4v) is 2.25. The molecule has 0 radical (unpaired) electrons. The SMILES string of the molecule is NS(=O)(=O)c1cc(C2CCCC2)no1. The number of rotatable bonds is 2. The van der Waals surface area contributed by atoms with Gasteiger partial charge in [0.05, 0.1) is 5.69 Å². The van der Waals surface area contributed by atoms with Gasteiger partial charge in [0.15, 0.2) is 0 Å². The molecule has 1 aliphatic rings. The minimum absolute atomic E-state index is 0.237. The van der Waals surface area contributed by atoms with E-state index >= 15 is 0 Å². The molecule has 2 rings (SSSR count). The molecular formula is C8H12N2O3S. The van der Waals surface area contributed by atoms with Gasteiger partial charge in [-0.2, -0.15) is 0 Å². The zero-order chi connectivity index (χ0) is 10.2. The molecule has 0 amide bonds. The topological polar surface area (TPSA) is 86.2 Å². The van der Waals surface area contributed by atoms with Crippen LogP contribution in [0.3, 0.4) is 0 Å². The lowest BCUT2D eigenvalue weighted by Crippen LogP contribution is -2.10. The summed E-state index contributed by atoms with van der Waals surface area (Å²) in [5.74, 6) is 0.342. The van der Waals surface area contributed by atoms with Crippen LogP contribution in [0, 0.1) is 0 Å². The Kier molecular flexibility index (Phi) is 2.32. The van der Waals surface area contributed by atoms with Crippen LogP contribution in [0.2, 0.25) is 0 Å². The van der Waals surface area contributed by atoms with E-state index in [4.69, 9.17) is 5.14 Å². The Balaban J connectivity index is 2.25. The Morgan fingerprint density at radius 3 is 2.57 bits per heavy atom. The van der Waals surface area contributed by atoms with Crippen molar-refractivity contribution in [3.8, 4) is 0 Å². The van der Waals surface area contributed by atoms with Crippen molar-refractivity contribution in [3.05, 3.63) is 11.8 Å². The predicted molar refractivity (Wildman–Crippen MR) is 49.1 cm³/mol. The largest absolute Gasteiger partial charge is 0.343 e. The van der Waals surface area contributed by atoms with Crippen molar-refractivity contribution in [2.24, 2.45) is 5.14 Å². The monoisotopic (exact) mass is 216 g/mol. The Bertz CT molecular complexity index is 418. The van der Waals surface area contributed by atoms with E-state index in [-0.39, 0.29) is 5.09 Å². The van der Waals surface area contributed by atoms with Crippen molar-refractivity contribution in [2.45, 2.75) is 36.7 Å². The Morgan fingerprint density at radius 2 is 2.07 bits per heavy atom. The summed E-state index contributed by atoms with van der Waals surface area (Å²) in [5, 5.41) is 8.40. The molecule has 0 atom stereocenters. The summed E-state index contributed by atoms with van der Waals surface area (Å²) < 4.78 is 26.5. The van der Waals surface area contributed by atoms with Gasteiger partial charge in [0.25, 0.3) is 15.1 Å². The van der Waals surface area contributed by atoms with Crippen LogP contribution in [0.1, 0.15) is 37.3 Å². The second-order valence-electron chi connectivity index (χ2n) is 3.60. The normalized spacial score (nSPS) is 18.9. The van der Waals surface area contributed by atoms with Crippen molar-refractivity contribution in [2.75, 3.05) is 0 Å². The molecule has 1 aliphatic carbocycles. The Hall–Kier alpha value is -0.880. The van der Waals surface area contributed by atoms with E-state index in [2.05, 4.69) is 9.68 Å². The van der Waals surface area contributed by atoms with Crippen LogP contribution in [0.4, 0.5) is 0 Å². The summed E-state index contributed by atoms with van der Waals surface area (Å²) in [5.41, 5.74) is 0.714. The van der Waals surface area contributed by atoms with Crippen LogP contribution in [-0.2, 0) is 10.0 Å². The average Bonchev–Trinajstić information content (AvgIpc) is 2.73. The van der Waals surface area contributed by atoms with E-state index in [1.807, 2.05) is 0 Å². The second-order valence-corrected chi connectivity index (χ2v) is 5.09. The van der Waals surface area contributed by atoms with Crippen LogP contribution in [0.5, 0.6) is 0 Å². The molecule has 0 spiro atoms. The van der Waals surface area contributed by atoms with Gasteiger partial charge in [-0.05, 0) is 12.8 Å². The van der Waals surface area contributed by atoms with Gasteiger partial charge >= 0.3 is 0 Å². The highest BCUT2D eigenvalue weighted by atomic mass is 32.2. The van der Waals surface area contributed by atoms with Gasteiger partial charge in [-0.3, -0.25) is 0 Å². The standard InChI is InChI=1S/C8H12N2O3S/c9-14(11,12)8-5-7(10-13-8)6-3-1-2-4-6/h5-6H,1-4H2,(H2,9,11,12). The highest BCUT2D eigenvalue weighted by molar-refractivity contribution is 7.89. The highest BCUT2D eigenvalue weighted by Gasteiger charge is 2.23. The van der Waals surface area contributed by atoms with Gasteiger partial charge in [-0.1, -0.05) is 18.0 Å². The van der Waals surface area contributed by atoms with E-state index in [0.29, 0.717) is 11.6 Å². The molecule has 6 heteroatoms. The molecule has 14 heavy (non-hydrogen) atoms. The first-order valence-electron chi connectivity index (χ1n) is 4.57. The molecule has 78 valence electrons. The van der Waals surface area contributed by atoms with Crippen LogP contribution in [0.15, 0.2) is 15.7 Å². The van der Waals surface area contributed by atoms with Crippen LogP contribution < -0.4 is 5.14 Å². The van der Waals surface area contributed by atoms with E-state index < -0.39 is 10.0 Å². The highest BCUT2D eigenvalue weighted by Crippen LogP contribution is 2.33. The Morgan fingerprint density at radius 1 is 1.43 bits per heavy atom. The molecule has 1 fully saturated rings. The van der Waals surface area contributed by atoms with Crippen LogP contribution in [0.25, 0.3) is 0 Å². The van der Waals surface area contributed by atoms with Gasteiger partial charge in [-0.25, -0.2) is 13.6 Å². The number of hydrogen-bond acceptors (Lipinski definition) is 4. The van der Waals surface area contributed by atoms with Crippen LogP contribution in [-0.4, -0.2) is 13.6 Å². The molecule has 1 saturated carbocycles. The molecule has 0 unspecified atom stereocenters. The fourth-order valence-electron chi connectivity index (χ4n) is 1.82. The number of sulfonamides is 1. The third kappa shape index (κ3) is 1.80. The van der Waals surface area contributed by atoms with Crippen molar-refractivity contribution in [3.63, 3.8) is 0 Å². The van der Waals surface area contributed by atoms with Gasteiger partial charge < -0.3 is 4.52 Å². The summed E-state index contributed by atoms with van der Waals surface area (Å²) in [7, 11) is -3.74. The minimum atomic E-state index is -3.74. The lowest BCUT2D eigenvalue weighted by molar-refractivity contribution is 0.331. The molecule has 1 aromatic rings. The quantitative estimate of drug-likeness (QED) is 0.798. The number of aromatic nitrogens is 1. The summed E-state index contributed by atoms with van der Waals surface area (Å²) in [4.78, 5) is 0. The number of primary sulfonamides is 1. The molecule has 1 heterocycles. The molecule has 1 aromatic heterocycles. The Labute approximate surface area is 82.3 Å². The van der Waals surface area contributed by atoms with Crippen molar-refractivity contribution in [1.29, 1.82) is 0 Å². The van der Waals surface area contributed by atoms with Crippen LogP contribution >= 0.6 is 0 Å². The molecule has 5 nitrogen and oxygen atoms in total. The molecule has 0 saturated heterocycles. The third-order valence-electron chi connectivity index (χ3n) is 2.56. The zero-order valence-electron chi connectivity index (χ0n) is 7.64. The maximum Gasteiger partial charge on any atom is 0.274 e. The van der Waals surface area contributed by atoms with Crippen molar-refractivity contribution >= 4 is 10.0 Å². The molecule has 0 bridgehead atoms. The minimum Gasteiger partial charge on any atom is -0.343 e. The summed E-state index contributed by atoms with van der Waals surface area (Å²) >= 11 is 0. The third-order valence-corrected chi connectivity index (χ3v) is 3.31. The van der Waals surface area contributed by atoms with Crippen molar-refractivity contribution in [1.82, 2.24) is 5.16 Å².